The largest absolute Gasteiger partial charge is 0.493 e. The number of aliphatic imine (C=N–C) groups is 1. The maximum Gasteiger partial charge on any atom is 0.278 e. The molecule has 1 amide bonds. The summed E-state index contributed by atoms with van der Waals surface area (Å²) in [7, 11) is 4.69. The smallest absolute Gasteiger partial charge is 0.278 e. The van der Waals surface area contributed by atoms with E-state index in [0.717, 1.165) is 44.0 Å². The van der Waals surface area contributed by atoms with Crippen molar-refractivity contribution in [2.24, 2.45) is 4.99 Å². The van der Waals surface area contributed by atoms with Gasteiger partial charge in [0, 0.05) is 61.5 Å². The molecule has 0 radical (unpaired) electrons. The second-order valence-electron chi connectivity index (χ2n) is 11.2. The monoisotopic (exact) mass is 641 g/mol. The Kier molecular flexibility index (Phi) is 9.34. The van der Waals surface area contributed by atoms with Crippen molar-refractivity contribution in [2.75, 3.05) is 64.8 Å². The molecule has 11 nitrogen and oxygen atoms in total. The van der Waals surface area contributed by atoms with E-state index in [0.29, 0.717) is 46.5 Å². The summed E-state index contributed by atoms with van der Waals surface area (Å²) in [6, 6.07) is 19.6. The van der Waals surface area contributed by atoms with Crippen LogP contribution >= 0.6 is 11.6 Å². The van der Waals surface area contributed by atoms with Crippen LogP contribution in [0.3, 0.4) is 0 Å². The Bertz CT molecular complexity index is 1740. The zero-order valence-corrected chi connectivity index (χ0v) is 26.8. The molecular weight excluding hydrogens is 606 g/mol. The summed E-state index contributed by atoms with van der Waals surface area (Å²) >= 11 is 6.37. The van der Waals surface area contributed by atoms with E-state index in [9.17, 15) is 4.79 Å². The number of fused-ring (bicyclic) bond motifs is 1. The van der Waals surface area contributed by atoms with E-state index in [1.807, 2.05) is 24.3 Å². The molecule has 0 bridgehead atoms. The minimum Gasteiger partial charge on any atom is -0.493 e. The van der Waals surface area contributed by atoms with Crippen molar-refractivity contribution < 1.29 is 19.0 Å². The molecular formula is C34H36ClN7O4. The number of anilines is 2. The third-order valence-electron chi connectivity index (χ3n) is 8.22. The topological polar surface area (TPSA) is 119 Å². The molecule has 0 spiro atoms. The van der Waals surface area contributed by atoms with E-state index in [4.69, 9.17) is 31.5 Å². The number of hydrogen-bond donors (Lipinski definition) is 1. The molecule has 46 heavy (non-hydrogen) atoms. The number of carbonyl (C=O) groups is 1. The zero-order chi connectivity index (χ0) is 32.2. The number of methoxy groups -OCH3 is 3. The fourth-order valence-corrected chi connectivity index (χ4v) is 5.99. The third-order valence-corrected chi connectivity index (χ3v) is 8.46. The second-order valence-corrected chi connectivity index (χ2v) is 11.6. The molecule has 0 aliphatic carbocycles. The van der Waals surface area contributed by atoms with Crippen LogP contribution in [0.2, 0.25) is 5.02 Å². The van der Waals surface area contributed by atoms with Crippen LogP contribution in [0, 0.1) is 0 Å². The molecule has 238 valence electrons. The van der Waals surface area contributed by atoms with E-state index in [1.165, 1.54) is 5.56 Å². The van der Waals surface area contributed by atoms with E-state index in [2.05, 4.69) is 49.0 Å². The molecule has 6 rings (SSSR count). The van der Waals surface area contributed by atoms with Crippen molar-refractivity contribution in [2.45, 2.75) is 13.0 Å². The molecule has 2 aliphatic rings. The Morgan fingerprint density at radius 3 is 2.24 bits per heavy atom. The highest BCUT2D eigenvalue weighted by atomic mass is 35.5. The number of carbonyl (C=O) groups excluding carboxylic acids is 1. The molecule has 0 unspecified atom stereocenters. The number of nitrogen functional groups attached to an aromatic ring is 1. The van der Waals surface area contributed by atoms with Crippen molar-refractivity contribution in [3.63, 3.8) is 0 Å². The first kappa shape index (κ1) is 31.3. The van der Waals surface area contributed by atoms with E-state index < -0.39 is 0 Å². The van der Waals surface area contributed by atoms with Crippen molar-refractivity contribution >= 4 is 40.7 Å². The minimum absolute atomic E-state index is 0.0943. The van der Waals surface area contributed by atoms with Crippen LogP contribution in [0.15, 0.2) is 71.9 Å². The van der Waals surface area contributed by atoms with E-state index in [1.54, 1.807) is 44.6 Å². The Labute approximate surface area is 273 Å². The van der Waals surface area contributed by atoms with Gasteiger partial charge in [-0.05, 0) is 41.5 Å². The van der Waals surface area contributed by atoms with Crippen molar-refractivity contribution in [1.82, 2.24) is 19.8 Å². The number of nitrogens with zero attached hydrogens (tertiary/aromatic N) is 6. The Hall–Kier alpha value is -4.71. The quantitative estimate of drug-likeness (QED) is 0.266. The molecule has 0 atom stereocenters. The first-order valence-electron chi connectivity index (χ1n) is 15.0. The SMILES string of the molecule is COc1cc(Cc2cnc(N=C3C(=O)N(CN4CCN(Cc5ccccc5)CC4)c4ccc(Cl)cc43)nc2N)cc(OC)c1OC. The number of piperazine rings is 1. The molecule has 1 fully saturated rings. The summed E-state index contributed by atoms with van der Waals surface area (Å²) < 4.78 is 16.4. The second kappa shape index (κ2) is 13.7. The van der Waals surface area contributed by atoms with Crippen molar-refractivity contribution in [3.05, 3.63) is 94.1 Å². The molecule has 4 aromatic rings. The zero-order valence-electron chi connectivity index (χ0n) is 26.1. The average Bonchev–Trinajstić information content (AvgIpc) is 3.31. The number of rotatable bonds is 10. The lowest BCUT2D eigenvalue weighted by Crippen LogP contribution is -2.50. The van der Waals surface area contributed by atoms with E-state index >= 15 is 0 Å². The highest BCUT2D eigenvalue weighted by molar-refractivity contribution is 6.55. The first-order chi connectivity index (χ1) is 22.4. The average molecular weight is 642 g/mol. The van der Waals surface area contributed by atoms with Gasteiger partial charge in [0.25, 0.3) is 11.9 Å². The van der Waals surface area contributed by atoms with Gasteiger partial charge in [0.2, 0.25) is 5.75 Å². The maximum atomic E-state index is 13.8. The number of ether oxygens (including phenoxy) is 3. The van der Waals surface area contributed by atoms with Crippen LogP contribution in [0.5, 0.6) is 17.2 Å². The fraction of sp³-hybridized carbons (Fsp3) is 0.294. The van der Waals surface area contributed by atoms with Crippen LogP contribution < -0.4 is 24.8 Å². The van der Waals surface area contributed by atoms with Crippen molar-refractivity contribution in [1.29, 1.82) is 0 Å². The van der Waals surface area contributed by atoms with Gasteiger partial charge in [0.15, 0.2) is 11.5 Å². The summed E-state index contributed by atoms with van der Waals surface area (Å²) in [5.74, 6) is 1.70. The predicted octanol–water partition coefficient (Wildman–Crippen LogP) is 4.57. The van der Waals surface area contributed by atoms with Gasteiger partial charge in [-0.2, -0.15) is 4.98 Å². The van der Waals surface area contributed by atoms with Crippen LogP contribution in [0.1, 0.15) is 22.3 Å². The van der Waals surface area contributed by atoms with Crippen LogP contribution in [0.4, 0.5) is 17.5 Å². The van der Waals surface area contributed by atoms with Crippen LogP contribution in [0.25, 0.3) is 0 Å². The van der Waals surface area contributed by atoms with Gasteiger partial charge in [-0.15, -0.1) is 0 Å². The summed E-state index contributed by atoms with van der Waals surface area (Å²) in [5, 5.41) is 0.511. The van der Waals surface area contributed by atoms with Crippen molar-refractivity contribution in [3.8, 4) is 17.2 Å². The van der Waals surface area contributed by atoms with Crippen LogP contribution in [-0.2, 0) is 17.8 Å². The third kappa shape index (κ3) is 6.62. The summed E-state index contributed by atoms with van der Waals surface area (Å²) in [6.45, 7) is 4.89. The minimum atomic E-state index is -0.229. The number of benzene rings is 3. The van der Waals surface area contributed by atoms with Gasteiger partial charge in [0.1, 0.15) is 11.5 Å². The normalized spacial score (nSPS) is 16.1. The number of amides is 1. The molecule has 2 aliphatic heterocycles. The lowest BCUT2D eigenvalue weighted by atomic mass is 10.1. The summed E-state index contributed by atoms with van der Waals surface area (Å²) in [5.41, 5.74) is 10.9. The molecule has 1 saturated heterocycles. The highest BCUT2D eigenvalue weighted by Gasteiger charge is 2.36. The molecule has 0 saturated carbocycles. The highest BCUT2D eigenvalue weighted by Crippen LogP contribution is 2.39. The van der Waals surface area contributed by atoms with Gasteiger partial charge in [0.05, 0.1) is 33.7 Å². The van der Waals surface area contributed by atoms with E-state index in [-0.39, 0.29) is 23.4 Å². The lowest BCUT2D eigenvalue weighted by molar-refractivity contribution is -0.112. The molecule has 12 heteroatoms. The number of nitrogens with two attached hydrogens (primary N) is 1. The van der Waals surface area contributed by atoms with Gasteiger partial charge in [-0.25, -0.2) is 9.98 Å². The molecule has 3 aromatic carbocycles. The fourth-order valence-electron chi connectivity index (χ4n) is 5.82. The van der Waals surface area contributed by atoms with Gasteiger partial charge in [-0.3, -0.25) is 19.5 Å². The maximum absolute atomic E-state index is 13.8. The Morgan fingerprint density at radius 2 is 1.59 bits per heavy atom. The predicted molar refractivity (Wildman–Crippen MR) is 179 cm³/mol. The van der Waals surface area contributed by atoms with Gasteiger partial charge < -0.3 is 19.9 Å². The number of aromatic nitrogens is 2. The van der Waals surface area contributed by atoms with Gasteiger partial charge >= 0.3 is 0 Å². The lowest BCUT2D eigenvalue weighted by Gasteiger charge is -2.36. The molecule has 3 heterocycles. The standard InChI is InChI=1S/C34H36ClN7O4/c1-44-28-16-23(17-29(45-2)31(28)46-3)15-24-19-37-34(39-32(24)36)38-30-26-18-25(35)9-10-27(26)42(33(30)43)21-41-13-11-40(12-14-41)20-22-7-5-4-6-8-22/h4-10,16-19H,11-15,20-21H2,1-3H3,(H2,36,37,39). The summed E-state index contributed by atoms with van der Waals surface area (Å²) in [4.78, 5) is 33.8. The number of hydrogen-bond acceptors (Lipinski definition) is 10. The Morgan fingerprint density at radius 1 is 0.891 bits per heavy atom. The Balaban J connectivity index is 1.18. The first-order valence-corrected chi connectivity index (χ1v) is 15.3. The number of halogens is 1. The van der Waals surface area contributed by atoms with Crippen LogP contribution in [-0.4, -0.2) is 85.6 Å². The van der Waals surface area contributed by atoms with Gasteiger partial charge in [-0.1, -0.05) is 41.9 Å². The molecule has 2 N–H and O–H groups in total. The molecule has 1 aromatic heterocycles. The summed E-state index contributed by atoms with van der Waals surface area (Å²) in [6.07, 6.45) is 2.04.